The highest BCUT2D eigenvalue weighted by molar-refractivity contribution is 4.59. The highest BCUT2D eigenvalue weighted by Gasteiger charge is 2.02. The fourth-order valence-corrected chi connectivity index (χ4v) is 1.51. The molecule has 86 valence electrons. The molecule has 0 aromatic carbocycles. The maximum absolute atomic E-state index is 5.58. The van der Waals surface area contributed by atoms with E-state index in [0.29, 0.717) is 0 Å². The van der Waals surface area contributed by atoms with Gasteiger partial charge in [-0.15, -0.1) is 0 Å². The van der Waals surface area contributed by atoms with Crippen molar-refractivity contribution in [2.24, 2.45) is 5.73 Å². The Morgan fingerprint density at radius 2 is 1.57 bits per heavy atom. The lowest BCUT2D eigenvalue weighted by atomic mass is 10.3. The van der Waals surface area contributed by atoms with Crippen molar-refractivity contribution in [3.8, 4) is 0 Å². The summed E-state index contributed by atoms with van der Waals surface area (Å²) in [7, 11) is 4.25. The van der Waals surface area contributed by atoms with Gasteiger partial charge in [0.1, 0.15) is 0 Å². The Kier molecular flexibility index (Phi) is 9.35. The molecule has 0 spiro atoms. The summed E-state index contributed by atoms with van der Waals surface area (Å²) in [6.45, 7) is 7.64. The van der Waals surface area contributed by atoms with Crippen LogP contribution in [0.4, 0.5) is 0 Å². The number of unbranched alkanes of at least 4 members (excludes halogenated alkanes) is 1. The van der Waals surface area contributed by atoms with Crippen molar-refractivity contribution >= 4 is 0 Å². The lowest BCUT2D eigenvalue weighted by Gasteiger charge is -2.22. The van der Waals surface area contributed by atoms with E-state index in [4.69, 9.17) is 5.73 Å². The van der Waals surface area contributed by atoms with Gasteiger partial charge in [0.25, 0.3) is 0 Å². The standard InChI is InChI=1S/C11H27N3/c1-4-5-9-14(11-7-12)10-6-8-13(2)3/h4-12H2,1-3H3. The van der Waals surface area contributed by atoms with Gasteiger partial charge in [-0.05, 0) is 46.6 Å². The third-order valence-electron chi connectivity index (χ3n) is 2.35. The van der Waals surface area contributed by atoms with Crippen LogP contribution in [-0.2, 0) is 0 Å². The van der Waals surface area contributed by atoms with Gasteiger partial charge in [-0.1, -0.05) is 13.3 Å². The zero-order chi connectivity index (χ0) is 10.8. The molecule has 0 saturated carbocycles. The molecule has 0 rings (SSSR count). The van der Waals surface area contributed by atoms with Crippen molar-refractivity contribution in [3.05, 3.63) is 0 Å². The topological polar surface area (TPSA) is 32.5 Å². The van der Waals surface area contributed by atoms with E-state index in [2.05, 4.69) is 30.8 Å². The van der Waals surface area contributed by atoms with Crippen LogP contribution in [-0.4, -0.2) is 56.6 Å². The molecule has 0 saturated heterocycles. The Morgan fingerprint density at radius 1 is 0.929 bits per heavy atom. The lowest BCUT2D eigenvalue weighted by molar-refractivity contribution is 0.257. The van der Waals surface area contributed by atoms with Gasteiger partial charge in [0.05, 0.1) is 0 Å². The van der Waals surface area contributed by atoms with Crippen LogP contribution in [0.3, 0.4) is 0 Å². The fraction of sp³-hybridized carbons (Fsp3) is 1.00. The summed E-state index contributed by atoms with van der Waals surface area (Å²) in [5.41, 5.74) is 5.58. The molecule has 0 bridgehead atoms. The molecule has 0 radical (unpaired) electrons. The van der Waals surface area contributed by atoms with E-state index >= 15 is 0 Å². The van der Waals surface area contributed by atoms with Crippen LogP contribution in [0.5, 0.6) is 0 Å². The summed E-state index contributed by atoms with van der Waals surface area (Å²) in [4.78, 5) is 4.72. The van der Waals surface area contributed by atoms with Gasteiger partial charge in [-0.25, -0.2) is 0 Å². The predicted molar refractivity (Wildman–Crippen MR) is 63.6 cm³/mol. The Balaban J connectivity index is 3.50. The summed E-state index contributed by atoms with van der Waals surface area (Å²) in [5, 5.41) is 0. The molecule has 0 aliphatic carbocycles. The minimum Gasteiger partial charge on any atom is -0.329 e. The second-order valence-corrected chi connectivity index (χ2v) is 4.14. The predicted octanol–water partition coefficient (Wildman–Crippen LogP) is 0.999. The van der Waals surface area contributed by atoms with E-state index in [1.165, 1.54) is 38.9 Å². The minimum absolute atomic E-state index is 0.783. The molecule has 3 nitrogen and oxygen atoms in total. The van der Waals surface area contributed by atoms with Crippen molar-refractivity contribution in [2.75, 3.05) is 46.8 Å². The molecule has 14 heavy (non-hydrogen) atoms. The Hall–Kier alpha value is -0.120. The van der Waals surface area contributed by atoms with Gasteiger partial charge in [0.2, 0.25) is 0 Å². The van der Waals surface area contributed by atoms with Gasteiger partial charge in [-0.3, -0.25) is 0 Å². The first-order chi connectivity index (χ1) is 6.70. The molecule has 2 N–H and O–H groups in total. The van der Waals surface area contributed by atoms with Crippen molar-refractivity contribution in [1.82, 2.24) is 9.80 Å². The quantitative estimate of drug-likeness (QED) is 0.604. The average Bonchev–Trinajstić information content (AvgIpc) is 2.13. The van der Waals surface area contributed by atoms with Crippen LogP contribution >= 0.6 is 0 Å². The maximum atomic E-state index is 5.58. The largest absolute Gasteiger partial charge is 0.329 e. The molecule has 0 fully saturated rings. The zero-order valence-electron chi connectivity index (χ0n) is 10.1. The smallest absolute Gasteiger partial charge is 0.0105 e. The summed E-state index contributed by atoms with van der Waals surface area (Å²) >= 11 is 0. The van der Waals surface area contributed by atoms with Crippen molar-refractivity contribution in [1.29, 1.82) is 0 Å². The average molecular weight is 201 g/mol. The number of hydrogen-bond donors (Lipinski definition) is 1. The molecule has 0 aromatic heterocycles. The molecule has 3 heteroatoms. The van der Waals surface area contributed by atoms with Crippen LogP contribution < -0.4 is 5.73 Å². The van der Waals surface area contributed by atoms with E-state index in [0.717, 1.165) is 13.1 Å². The van der Waals surface area contributed by atoms with Gasteiger partial charge in [-0.2, -0.15) is 0 Å². The molecule has 0 aliphatic heterocycles. The maximum Gasteiger partial charge on any atom is 0.0105 e. The van der Waals surface area contributed by atoms with Crippen LogP contribution in [0, 0.1) is 0 Å². The first kappa shape index (κ1) is 13.9. The fourth-order valence-electron chi connectivity index (χ4n) is 1.51. The van der Waals surface area contributed by atoms with Crippen LogP contribution in [0.15, 0.2) is 0 Å². The second kappa shape index (κ2) is 9.44. The molecule has 0 atom stereocenters. The first-order valence-electron chi connectivity index (χ1n) is 5.77. The van der Waals surface area contributed by atoms with Crippen molar-refractivity contribution in [3.63, 3.8) is 0 Å². The van der Waals surface area contributed by atoms with E-state index in [1.54, 1.807) is 0 Å². The molecule has 0 amide bonds. The highest BCUT2D eigenvalue weighted by atomic mass is 15.1. The van der Waals surface area contributed by atoms with Gasteiger partial charge in [0.15, 0.2) is 0 Å². The lowest BCUT2D eigenvalue weighted by Crippen LogP contribution is -2.32. The molecular formula is C11H27N3. The third kappa shape index (κ3) is 8.48. The Labute approximate surface area is 89.2 Å². The number of hydrogen-bond acceptors (Lipinski definition) is 3. The number of nitrogens with zero attached hydrogens (tertiary/aromatic N) is 2. The molecular weight excluding hydrogens is 174 g/mol. The zero-order valence-corrected chi connectivity index (χ0v) is 10.1. The molecule has 0 heterocycles. The minimum atomic E-state index is 0.783. The van der Waals surface area contributed by atoms with Crippen molar-refractivity contribution < 1.29 is 0 Å². The van der Waals surface area contributed by atoms with Crippen LogP contribution in [0.25, 0.3) is 0 Å². The van der Waals surface area contributed by atoms with Gasteiger partial charge in [0, 0.05) is 13.1 Å². The molecule has 0 aromatic rings. The second-order valence-electron chi connectivity index (χ2n) is 4.14. The number of rotatable bonds is 9. The molecule has 0 aliphatic rings. The SMILES string of the molecule is CCCCN(CCN)CCCN(C)C. The van der Waals surface area contributed by atoms with Gasteiger partial charge < -0.3 is 15.5 Å². The summed E-state index contributed by atoms with van der Waals surface area (Å²) in [6, 6.07) is 0. The van der Waals surface area contributed by atoms with E-state index in [9.17, 15) is 0 Å². The monoisotopic (exact) mass is 201 g/mol. The Morgan fingerprint density at radius 3 is 2.07 bits per heavy atom. The molecule has 0 unspecified atom stereocenters. The van der Waals surface area contributed by atoms with Crippen molar-refractivity contribution in [2.45, 2.75) is 26.2 Å². The van der Waals surface area contributed by atoms with E-state index in [-0.39, 0.29) is 0 Å². The number of nitrogens with two attached hydrogens (primary N) is 1. The Bertz CT molecular complexity index is 115. The third-order valence-corrected chi connectivity index (χ3v) is 2.35. The van der Waals surface area contributed by atoms with Crippen LogP contribution in [0.1, 0.15) is 26.2 Å². The van der Waals surface area contributed by atoms with E-state index < -0.39 is 0 Å². The van der Waals surface area contributed by atoms with Crippen LogP contribution in [0.2, 0.25) is 0 Å². The summed E-state index contributed by atoms with van der Waals surface area (Å²) in [6.07, 6.45) is 3.81. The van der Waals surface area contributed by atoms with E-state index in [1.807, 2.05) is 0 Å². The van der Waals surface area contributed by atoms with Gasteiger partial charge >= 0.3 is 0 Å². The highest BCUT2D eigenvalue weighted by Crippen LogP contribution is 1.96. The normalized spacial score (nSPS) is 11.6. The summed E-state index contributed by atoms with van der Waals surface area (Å²) in [5.74, 6) is 0. The summed E-state index contributed by atoms with van der Waals surface area (Å²) < 4.78 is 0. The first-order valence-corrected chi connectivity index (χ1v) is 5.77.